The minimum Gasteiger partial charge on any atom is -0.494 e. The molecule has 21 heavy (non-hydrogen) atoms. The van der Waals surface area contributed by atoms with Crippen molar-refractivity contribution in [2.75, 3.05) is 20.2 Å². The fourth-order valence-corrected chi connectivity index (χ4v) is 3.15. The molecule has 0 aliphatic carbocycles. The van der Waals surface area contributed by atoms with Gasteiger partial charge in [0.1, 0.15) is 5.75 Å². The third-order valence-corrected chi connectivity index (χ3v) is 4.46. The van der Waals surface area contributed by atoms with Gasteiger partial charge in [0.2, 0.25) is 0 Å². The highest BCUT2D eigenvalue weighted by molar-refractivity contribution is 5.29. The van der Waals surface area contributed by atoms with E-state index in [0.29, 0.717) is 6.04 Å². The second-order valence-electron chi connectivity index (χ2n) is 6.26. The van der Waals surface area contributed by atoms with Crippen molar-refractivity contribution in [2.24, 2.45) is 5.73 Å². The van der Waals surface area contributed by atoms with Crippen LogP contribution >= 0.6 is 0 Å². The number of ether oxygens (including phenoxy) is 1. The summed E-state index contributed by atoms with van der Waals surface area (Å²) in [6, 6.07) is 9.16. The Kier molecular flexibility index (Phi) is 6.52. The quantitative estimate of drug-likeness (QED) is 0.784. The fourth-order valence-electron chi connectivity index (χ4n) is 3.15. The summed E-state index contributed by atoms with van der Waals surface area (Å²) in [6.07, 6.45) is 7.04. The van der Waals surface area contributed by atoms with Crippen LogP contribution < -0.4 is 10.5 Å². The maximum Gasteiger partial charge on any atom is 0.119 e. The monoisotopic (exact) mass is 290 g/mol. The highest BCUT2D eigenvalue weighted by atomic mass is 16.5. The minimum atomic E-state index is 0.209. The Morgan fingerprint density at radius 1 is 1.38 bits per heavy atom. The third-order valence-electron chi connectivity index (χ3n) is 4.46. The number of nitrogens with two attached hydrogens (primary N) is 1. The van der Waals surface area contributed by atoms with Gasteiger partial charge in [0.05, 0.1) is 6.61 Å². The molecule has 1 aliphatic rings. The maximum absolute atomic E-state index is 6.46. The molecule has 1 saturated heterocycles. The van der Waals surface area contributed by atoms with Gasteiger partial charge < -0.3 is 15.4 Å². The van der Waals surface area contributed by atoms with E-state index in [4.69, 9.17) is 10.5 Å². The van der Waals surface area contributed by atoms with Crippen LogP contribution in [0.3, 0.4) is 0 Å². The molecule has 1 aliphatic heterocycles. The molecule has 1 aromatic rings. The Morgan fingerprint density at radius 3 is 3.00 bits per heavy atom. The Labute approximate surface area is 129 Å². The molecule has 0 bridgehead atoms. The van der Waals surface area contributed by atoms with Crippen molar-refractivity contribution >= 4 is 0 Å². The predicted molar refractivity (Wildman–Crippen MR) is 88.8 cm³/mol. The van der Waals surface area contributed by atoms with Gasteiger partial charge in [0, 0.05) is 12.1 Å². The van der Waals surface area contributed by atoms with E-state index in [1.54, 1.807) is 0 Å². The van der Waals surface area contributed by atoms with Gasteiger partial charge in [-0.15, -0.1) is 0 Å². The Balaban J connectivity index is 1.90. The van der Waals surface area contributed by atoms with Crippen molar-refractivity contribution in [1.82, 2.24) is 4.90 Å². The zero-order valence-electron chi connectivity index (χ0n) is 13.6. The molecule has 3 nitrogen and oxygen atoms in total. The maximum atomic E-state index is 6.46. The standard InChI is InChI=1S/C18H30N2O/c1-3-4-12-21-16-9-7-8-15(13-16)14-17(19)18-10-5-6-11-20(18)2/h7-9,13,17-18H,3-6,10-12,14,19H2,1-2H3. The zero-order chi connectivity index (χ0) is 15.1. The van der Waals surface area contributed by atoms with Gasteiger partial charge in [-0.25, -0.2) is 0 Å². The van der Waals surface area contributed by atoms with E-state index in [2.05, 4.69) is 37.1 Å². The minimum absolute atomic E-state index is 0.209. The van der Waals surface area contributed by atoms with Crippen molar-refractivity contribution in [3.63, 3.8) is 0 Å². The smallest absolute Gasteiger partial charge is 0.119 e. The molecule has 1 fully saturated rings. The fraction of sp³-hybridized carbons (Fsp3) is 0.667. The van der Waals surface area contributed by atoms with E-state index in [1.165, 1.54) is 37.8 Å². The number of hydrogen-bond donors (Lipinski definition) is 1. The second kappa shape index (κ2) is 8.40. The summed E-state index contributed by atoms with van der Waals surface area (Å²) in [4.78, 5) is 2.43. The first-order valence-corrected chi connectivity index (χ1v) is 8.38. The van der Waals surface area contributed by atoms with E-state index >= 15 is 0 Å². The molecule has 0 spiro atoms. The number of rotatable bonds is 7. The van der Waals surface area contributed by atoms with Crippen molar-refractivity contribution in [1.29, 1.82) is 0 Å². The van der Waals surface area contributed by atoms with Crippen molar-refractivity contribution in [2.45, 2.75) is 57.5 Å². The summed E-state index contributed by atoms with van der Waals surface area (Å²) in [5.74, 6) is 0.977. The second-order valence-corrected chi connectivity index (χ2v) is 6.26. The van der Waals surface area contributed by atoms with Gasteiger partial charge in [-0.1, -0.05) is 31.9 Å². The molecule has 2 atom stereocenters. The van der Waals surface area contributed by atoms with Crippen LogP contribution in [0.4, 0.5) is 0 Å². The van der Waals surface area contributed by atoms with Crippen LogP contribution in [-0.2, 0) is 6.42 Å². The normalized spacial score (nSPS) is 21.2. The summed E-state index contributed by atoms with van der Waals surface area (Å²) >= 11 is 0. The molecule has 0 amide bonds. The van der Waals surface area contributed by atoms with Gasteiger partial charge in [0.25, 0.3) is 0 Å². The number of likely N-dealkylation sites (tertiary alicyclic amines) is 1. The molecular weight excluding hydrogens is 260 g/mol. The number of likely N-dealkylation sites (N-methyl/N-ethyl adjacent to an activating group) is 1. The Hall–Kier alpha value is -1.06. The lowest BCUT2D eigenvalue weighted by atomic mass is 9.92. The summed E-state index contributed by atoms with van der Waals surface area (Å²) in [5.41, 5.74) is 7.75. The molecule has 1 heterocycles. The van der Waals surface area contributed by atoms with Crippen molar-refractivity contribution in [3.05, 3.63) is 29.8 Å². The first-order valence-electron chi connectivity index (χ1n) is 8.38. The lowest BCUT2D eigenvalue weighted by Gasteiger charge is -2.36. The average molecular weight is 290 g/mol. The number of nitrogens with zero attached hydrogens (tertiary/aromatic N) is 1. The average Bonchev–Trinajstić information content (AvgIpc) is 2.48. The van der Waals surface area contributed by atoms with E-state index in [9.17, 15) is 0 Å². The van der Waals surface area contributed by atoms with E-state index < -0.39 is 0 Å². The molecule has 0 radical (unpaired) electrons. The summed E-state index contributed by atoms with van der Waals surface area (Å²) in [5, 5.41) is 0. The van der Waals surface area contributed by atoms with Crippen molar-refractivity contribution in [3.8, 4) is 5.75 Å². The number of benzene rings is 1. The Morgan fingerprint density at radius 2 is 2.24 bits per heavy atom. The summed E-state index contributed by atoms with van der Waals surface area (Å²) < 4.78 is 5.78. The largest absolute Gasteiger partial charge is 0.494 e. The Bertz CT molecular complexity index is 421. The van der Waals surface area contributed by atoms with Crippen LogP contribution in [0.5, 0.6) is 5.75 Å². The van der Waals surface area contributed by atoms with Crippen LogP contribution in [0.25, 0.3) is 0 Å². The number of piperidine rings is 1. The molecule has 0 aromatic heterocycles. The van der Waals surface area contributed by atoms with E-state index in [0.717, 1.165) is 25.2 Å². The van der Waals surface area contributed by atoms with Crippen molar-refractivity contribution < 1.29 is 4.74 Å². The molecular formula is C18H30N2O. The first-order chi connectivity index (χ1) is 10.2. The number of hydrogen-bond acceptors (Lipinski definition) is 3. The van der Waals surface area contributed by atoms with Crippen LogP contribution in [-0.4, -0.2) is 37.2 Å². The van der Waals surface area contributed by atoms with E-state index in [-0.39, 0.29) is 6.04 Å². The van der Waals surface area contributed by atoms with Crippen LogP contribution in [0.15, 0.2) is 24.3 Å². The summed E-state index contributed by atoms with van der Waals surface area (Å²) in [7, 11) is 2.20. The molecule has 1 aromatic carbocycles. The zero-order valence-corrected chi connectivity index (χ0v) is 13.6. The first kappa shape index (κ1) is 16.3. The van der Waals surface area contributed by atoms with E-state index in [1.807, 2.05) is 6.07 Å². The number of unbranched alkanes of at least 4 members (excludes halogenated alkanes) is 1. The predicted octanol–water partition coefficient (Wildman–Crippen LogP) is 3.22. The molecule has 2 rings (SSSR count). The van der Waals surface area contributed by atoms with Gasteiger partial charge in [0.15, 0.2) is 0 Å². The molecule has 0 saturated carbocycles. The molecule has 3 heteroatoms. The molecule has 118 valence electrons. The van der Waals surface area contributed by atoms with Crippen LogP contribution in [0, 0.1) is 0 Å². The highest BCUT2D eigenvalue weighted by Crippen LogP contribution is 2.21. The van der Waals surface area contributed by atoms with Gasteiger partial charge in [-0.3, -0.25) is 0 Å². The molecule has 2 N–H and O–H groups in total. The van der Waals surface area contributed by atoms with Crippen LogP contribution in [0.1, 0.15) is 44.6 Å². The van der Waals surface area contributed by atoms with Gasteiger partial charge >= 0.3 is 0 Å². The summed E-state index contributed by atoms with van der Waals surface area (Å²) in [6.45, 7) is 4.16. The van der Waals surface area contributed by atoms with Crippen LogP contribution in [0.2, 0.25) is 0 Å². The molecule has 2 unspecified atom stereocenters. The highest BCUT2D eigenvalue weighted by Gasteiger charge is 2.25. The third kappa shape index (κ3) is 5.01. The topological polar surface area (TPSA) is 38.5 Å². The lowest BCUT2D eigenvalue weighted by molar-refractivity contribution is 0.159. The van der Waals surface area contributed by atoms with Gasteiger partial charge in [-0.2, -0.15) is 0 Å². The van der Waals surface area contributed by atoms with Gasteiger partial charge in [-0.05, 0) is 57.0 Å². The SMILES string of the molecule is CCCCOc1cccc(CC(N)C2CCCCN2C)c1. The lowest BCUT2D eigenvalue weighted by Crippen LogP contribution is -2.49.